The van der Waals surface area contributed by atoms with Crippen LogP contribution in [0.5, 0.6) is 11.5 Å². The molecular weight excluding hydrogens is 400 g/mol. The van der Waals surface area contributed by atoms with Gasteiger partial charge in [-0.25, -0.2) is 0 Å². The molecular formula is C27H34N2O3. The second kappa shape index (κ2) is 10.1. The van der Waals surface area contributed by atoms with E-state index in [1.165, 1.54) is 35.1 Å². The first kappa shape index (κ1) is 22.3. The van der Waals surface area contributed by atoms with Crippen LogP contribution in [-0.2, 0) is 17.6 Å². The highest BCUT2D eigenvalue weighted by atomic mass is 16.5. The molecule has 0 bridgehead atoms. The number of aromatic nitrogens is 1. The monoisotopic (exact) mass is 434 g/mol. The number of benzene rings is 1. The van der Waals surface area contributed by atoms with Crippen molar-refractivity contribution in [3.05, 3.63) is 65.0 Å². The van der Waals surface area contributed by atoms with Crippen molar-refractivity contribution in [1.82, 2.24) is 9.88 Å². The molecule has 5 heteroatoms. The van der Waals surface area contributed by atoms with Crippen LogP contribution in [0.2, 0.25) is 0 Å². The number of nitrogens with one attached hydrogen (secondary N) is 1. The summed E-state index contributed by atoms with van der Waals surface area (Å²) in [6.07, 6.45) is 16.4. The Morgan fingerprint density at radius 2 is 2.06 bits per heavy atom. The minimum Gasteiger partial charge on any atom is -0.493 e. The number of aryl methyl sites for hydroxylation is 2. The number of methoxy groups -OCH3 is 1. The Labute approximate surface area is 191 Å². The third-order valence-electron chi connectivity index (χ3n) is 6.85. The number of nitrogens with zero attached hydrogens (tertiary/aromatic N) is 1. The van der Waals surface area contributed by atoms with Crippen molar-refractivity contribution >= 4 is 12.5 Å². The summed E-state index contributed by atoms with van der Waals surface area (Å²) in [5.41, 5.74) is 6.05. The summed E-state index contributed by atoms with van der Waals surface area (Å²) >= 11 is 0. The molecule has 2 aliphatic rings. The van der Waals surface area contributed by atoms with E-state index >= 15 is 0 Å². The lowest BCUT2D eigenvalue weighted by Gasteiger charge is -2.35. The van der Waals surface area contributed by atoms with Crippen LogP contribution < -0.4 is 9.47 Å². The van der Waals surface area contributed by atoms with Gasteiger partial charge in [-0.05, 0) is 86.3 Å². The number of H-pyrrole nitrogens is 1. The van der Waals surface area contributed by atoms with E-state index in [0.29, 0.717) is 0 Å². The van der Waals surface area contributed by atoms with Gasteiger partial charge < -0.3 is 19.4 Å². The number of aromatic amines is 1. The number of hydrogen-bond acceptors (Lipinski definition) is 3. The number of fused-ring (bicyclic) bond motifs is 1. The zero-order chi connectivity index (χ0) is 22.5. The van der Waals surface area contributed by atoms with E-state index in [4.69, 9.17) is 9.47 Å². The normalized spacial score (nSPS) is 18.7. The van der Waals surface area contributed by atoms with E-state index in [9.17, 15) is 4.79 Å². The van der Waals surface area contributed by atoms with Crippen molar-refractivity contribution < 1.29 is 14.3 Å². The van der Waals surface area contributed by atoms with Crippen LogP contribution in [0.25, 0.3) is 6.08 Å². The van der Waals surface area contributed by atoms with Gasteiger partial charge in [0.25, 0.3) is 0 Å². The van der Waals surface area contributed by atoms with E-state index in [1.807, 2.05) is 11.0 Å². The summed E-state index contributed by atoms with van der Waals surface area (Å²) in [6, 6.07) is 4.28. The Bertz CT molecular complexity index is 985. The first-order valence-electron chi connectivity index (χ1n) is 11.7. The van der Waals surface area contributed by atoms with Gasteiger partial charge in [-0.3, -0.25) is 4.79 Å². The molecule has 1 aromatic heterocycles. The molecule has 0 radical (unpaired) electrons. The maximum absolute atomic E-state index is 11.9. The fraction of sp³-hybridized carbons (Fsp3) is 0.444. The maximum atomic E-state index is 11.9. The van der Waals surface area contributed by atoms with Gasteiger partial charge in [-0.2, -0.15) is 0 Å². The van der Waals surface area contributed by atoms with Crippen molar-refractivity contribution in [2.24, 2.45) is 0 Å². The van der Waals surface area contributed by atoms with Gasteiger partial charge in [0.1, 0.15) is 0 Å². The average Bonchev–Trinajstić information content (AvgIpc) is 3.45. The number of ether oxygens (including phenoxy) is 2. The maximum Gasteiger partial charge on any atom is 0.210 e. The Morgan fingerprint density at radius 3 is 2.78 bits per heavy atom. The fourth-order valence-electron chi connectivity index (χ4n) is 5.10. The van der Waals surface area contributed by atoms with Crippen molar-refractivity contribution in [3.63, 3.8) is 0 Å². The van der Waals surface area contributed by atoms with Crippen LogP contribution in [0.15, 0.2) is 37.1 Å². The van der Waals surface area contributed by atoms with Crippen LogP contribution in [0.1, 0.15) is 66.1 Å². The second-order valence-electron chi connectivity index (χ2n) is 8.82. The van der Waals surface area contributed by atoms with E-state index in [2.05, 4.69) is 42.9 Å². The van der Waals surface area contributed by atoms with Gasteiger partial charge in [0.05, 0.1) is 19.3 Å². The van der Waals surface area contributed by atoms with Gasteiger partial charge in [0.2, 0.25) is 6.41 Å². The number of allylic oxidation sites excluding steroid dienone is 2. The summed E-state index contributed by atoms with van der Waals surface area (Å²) in [6.45, 7) is 6.59. The molecule has 2 heterocycles. The molecule has 1 aliphatic heterocycles. The van der Waals surface area contributed by atoms with Crippen molar-refractivity contribution in [1.29, 1.82) is 0 Å². The Balaban J connectivity index is 1.61. The molecule has 5 nitrogen and oxygen atoms in total. The SMILES string of the molecule is C=C/C=C\c1c(CC[C@H]2c3cc(OC4CCCC4)c(OC)cc3CCN2C=O)c[nH]c1C. The minimum absolute atomic E-state index is 0.0273. The lowest BCUT2D eigenvalue weighted by Crippen LogP contribution is -2.34. The van der Waals surface area contributed by atoms with Crippen LogP contribution >= 0.6 is 0 Å². The molecule has 0 unspecified atom stereocenters. The van der Waals surface area contributed by atoms with Crippen LogP contribution in [0, 0.1) is 6.92 Å². The molecule has 4 rings (SSSR count). The third-order valence-corrected chi connectivity index (χ3v) is 6.85. The summed E-state index contributed by atoms with van der Waals surface area (Å²) in [5, 5.41) is 0. The third kappa shape index (κ3) is 4.62. The van der Waals surface area contributed by atoms with Gasteiger partial charge in [-0.1, -0.05) is 24.8 Å². The van der Waals surface area contributed by atoms with Gasteiger partial charge >= 0.3 is 0 Å². The van der Waals surface area contributed by atoms with Crippen LogP contribution in [0.3, 0.4) is 0 Å². The molecule has 1 amide bonds. The van der Waals surface area contributed by atoms with Gasteiger partial charge in [-0.15, -0.1) is 0 Å². The van der Waals surface area contributed by atoms with Crippen molar-refractivity contribution in [2.45, 2.75) is 64.0 Å². The molecule has 170 valence electrons. The first-order valence-corrected chi connectivity index (χ1v) is 11.7. The summed E-state index contributed by atoms with van der Waals surface area (Å²) in [4.78, 5) is 17.2. The first-order chi connectivity index (χ1) is 15.6. The number of carbonyl (C=O) groups excluding carboxylic acids is 1. The number of carbonyl (C=O) groups is 1. The molecule has 1 aliphatic carbocycles. The molecule has 32 heavy (non-hydrogen) atoms. The summed E-state index contributed by atoms with van der Waals surface area (Å²) in [7, 11) is 1.70. The van der Waals surface area contributed by atoms with E-state index in [-0.39, 0.29) is 12.1 Å². The van der Waals surface area contributed by atoms with Crippen LogP contribution in [-0.4, -0.2) is 36.1 Å². The molecule has 1 N–H and O–H groups in total. The lowest BCUT2D eigenvalue weighted by atomic mass is 9.88. The predicted molar refractivity (Wildman–Crippen MR) is 128 cm³/mol. The molecule has 1 aromatic carbocycles. The molecule has 1 fully saturated rings. The van der Waals surface area contributed by atoms with Crippen molar-refractivity contribution in [2.75, 3.05) is 13.7 Å². The smallest absolute Gasteiger partial charge is 0.210 e. The summed E-state index contributed by atoms with van der Waals surface area (Å²) in [5.74, 6) is 1.61. The Hall–Kier alpha value is -2.95. The number of rotatable bonds is 9. The fourth-order valence-corrected chi connectivity index (χ4v) is 5.10. The highest BCUT2D eigenvalue weighted by molar-refractivity contribution is 5.58. The zero-order valence-electron chi connectivity index (χ0n) is 19.2. The quantitative estimate of drug-likeness (QED) is 0.416. The van der Waals surface area contributed by atoms with E-state index in [0.717, 1.165) is 62.3 Å². The highest BCUT2D eigenvalue weighted by Gasteiger charge is 2.29. The molecule has 1 saturated carbocycles. The van der Waals surface area contributed by atoms with Gasteiger partial charge in [0.15, 0.2) is 11.5 Å². The Morgan fingerprint density at radius 1 is 1.25 bits per heavy atom. The lowest BCUT2D eigenvalue weighted by molar-refractivity contribution is -0.120. The summed E-state index contributed by atoms with van der Waals surface area (Å²) < 4.78 is 12.0. The van der Waals surface area contributed by atoms with Crippen molar-refractivity contribution in [3.8, 4) is 11.5 Å². The highest BCUT2D eigenvalue weighted by Crippen LogP contribution is 2.41. The second-order valence-corrected chi connectivity index (χ2v) is 8.82. The molecule has 1 atom stereocenters. The van der Waals surface area contributed by atoms with Crippen LogP contribution in [0.4, 0.5) is 0 Å². The zero-order valence-corrected chi connectivity index (χ0v) is 19.2. The van der Waals surface area contributed by atoms with Gasteiger partial charge in [0, 0.05) is 18.4 Å². The largest absolute Gasteiger partial charge is 0.493 e. The number of hydrogen-bond donors (Lipinski definition) is 1. The average molecular weight is 435 g/mol. The Kier molecular flexibility index (Phi) is 7.03. The topological polar surface area (TPSA) is 54.6 Å². The standard InChI is InChI=1S/C27H34N2O3/c1-4-5-10-23-19(2)28-17-21(23)11-12-25-24-16-27(32-22-8-6-7-9-22)26(31-3)15-20(24)13-14-29(25)18-30/h4-5,10,15-18,22,25,28H,1,6-9,11-14H2,2-3H3/b10-5-/t25-/m0/s1. The number of amides is 1. The molecule has 0 saturated heterocycles. The van der Waals surface area contributed by atoms with E-state index in [1.54, 1.807) is 13.2 Å². The predicted octanol–water partition coefficient (Wildman–Crippen LogP) is 5.54. The van der Waals surface area contributed by atoms with E-state index < -0.39 is 0 Å². The molecule has 0 spiro atoms. The molecule has 2 aromatic rings. The minimum atomic E-state index is 0.0273.